The van der Waals surface area contributed by atoms with Gasteiger partial charge in [-0.25, -0.2) is 14.3 Å². The monoisotopic (exact) mass is 472 g/mol. The third-order valence-corrected chi connectivity index (χ3v) is 6.98. The summed E-state index contributed by atoms with van der Waals surface area (Å²) in [5.74, 6) is -1.54. The SMILES string of the molecule is Cc1cc(-n2cccn2)ccc1SCc1c(C)cccc1Cc1ccc(C(=O)O)cc1C(=O)O. The summed E-state index contributed by atoms with van der Waals surface area (Å²) >= 11 is 1.74. The minimum atomic E-state index is -1.14. The zero-order chi connectivity index (χ0) is 24.2. The predicted molar refractivity (Wildman–Crippen MR) is 132 cm³/mol. The maximum Gasteiger partial charge on any atom is 0.336 e. The Morgan fingerprint density at radius 2 is 1.74 bits per heavy atom. The quantitative estimate of drug-likeness (QED) is 0.316. The summed E-state index contributed by atoms with van der Waals surface area (Å²) in [4.78, 5) is 24.2. The van der Waals surface area contributed by atoms with E-state index in [9.17, 15) is 19.8 Å². The maximum atomic E-state index is 11.8. The minimum absolute atomic E-state index is 0.0186. The first-order valence-electron chi connectivity index (χ1n) is 10.7. The molecule has 172 valence electrons. The zero-order valence-corrected chi connectivity index (χ0v) is 19.7. The van der Waals surface area contributed by atoms with Gasteiger partial charge < -0.3 is 10.2 Å². The molecule has 0 bridgehead atoms. The molecule has 4 aromatic rings. The lowest BCUT2D eigenvalue weighted by Gasteiger charge is -2.15. The van der Waals surface area contributed by atoms with E-state index < -0.39 is 11.9 Å². The summed E-state index contributed by atoms with van der Waals surface area (Å²) in [6.45, 7) is 4.13. The van der Waals surface area contributed by atoms with Gasteiger partial charge >= 0.3 is 11.9 Å². The molecule has 0 aliphatic rings. The molecular formula is C27H24N2O4S. The highest BCUT2D eigenvalue weighted by Crippen LogP contribution is 2.31. The van der Waals surface area contributed by atoms with Crippen molar-refractivity contribution in [2.45, 2.75) is 30.9 Å². The predicted octanol–water partition coefficient (Wildman–Crippen LogP) is 5.77. The Bertz CT molecular complexity index is 1360. The molecule has 0 amide bonds. The molecule has 0 fully saturated rings. The second-order valence-corrected chi connectivity index (χ2v) is 9.08. The number of rotatable bonds is 8. The number of thioether (sulfide) groups is 1. The Balaban J connectivity index is 1.59. The van der Waals surface area contributed by atoms with Crippen LogP contribution in [0.1, 0.15) is 48.5 Å². The molecule has 0 saturated heterocycles. The van der Waals surface area contributed by atoms with E-state index in [-0.39, 0.29) is 11.1 Å². The van der Waals surface area contributed by atoms with Crippen LogP contribution in [0.5, 0.6) is 0 Å². The highest BCUT2D eigenvalue weighted by Gasteiger charge is 2.16. The van der Waals surface area contributed by atoms with Gasteiger partial charge in [0.05, 0.1) is 16.8 Å². The molecule has 1 aromatic heterocycles. The van der Waals surface area contributed by atoms with Crippen LogP contribution in [0, 0.1) is 13.8 Å². The van der Waals surface area contributed by atoms with Crippen LogP contribution in [0.25, 0.3) is 5.69 Å². The van der Waals surface area contributed by atoms with Crippen LogP contribution in [0.4, 0.5) is 0 Å². The molecule has 4 rings (SSSR count). The Morgan fingerprint density at radius 1 is 0.912 bits per heavy atom. The standard InChI is InChI=1S/C27H24N2O4S/c1-17-5-3-6-19(14-20-7-8-21(26(30)31)15-23(20)27(32)33)24(17)16-34-25-10-9-22(13-18(25)2)29-12-4-11-28-29/h3-13,15H,14,16H2,1-2H3,(H,30,31)(H,32,33). The zero-order valence-electron chi connectivity index (χ0n) is 18.9. The molecule has 0 unspecified atom stereocenters. The molecule has 3 aromatic carbocycles. The summed E-state index contributed by atoms with van der Waals surface area (Å²) < 4.78 is 1.83. The highest BCUT2D eigenvalue weighted by molar-refractivity contribution is 7.98. The minimum Gasteiger partial charge on any atom is -0.478 e. The van der Waals surface area contributed by atoms with Gasteiger partial charge in [0.1, 0.15) is 0 Å². The molecule has 2 N–H and O–H groups in total. The van der Waals surface area contributed by atoms with Gasteiger partial charge in [0.15, 0.2) is 0 Å². The van der Waals surface area contributed by atoms with E-state index in [4.69, 9.17) is 0 Å². The molecule has 34 heavy (non-hydrogen) atoms. The van der Waals surface area contributed by atoms with E-state index in [1.807, 2.05) is 35.1 Å². The van der Waals surface area contributed by atoms with E-state index >= 15 is 0 Å². The lowest BCUT2D eigenvalue weighted by atomic mass is 9.93. The topological polar surface area (TPSA) is 92.4 Å². The number of aromatic carboxylic acids is 2. The Hall–Kier alpha value is -3.84. The van der Waals surface area contributed by atoms with Crippen molar-refractivity contribution in [3.63, 3.8) is 0 Å². The number of benzene rings is 3. The van der Waals surface area contributed by atoms with Crippen LogP contribution in [-0.2, 0) is 12.2 Å². The van der Waals surface area contributed by atoms with Gasteiger partial charge in [-0.3, -0.25) is 0 Å². The van der Waals surface area contributed by atoms with Crippen molar-refractivity contribution in [3.05, 3.63) is 112 Å². The van der Waals surface area contributed by atoms with Crippen molar-refractivity contribution in [3.8, 4) is 5.69 Å². The second-order valence-electron chi connectivity index (χ2n) is 8.06. The molecule has 6 nitrogen and oxygen atoms in total. The molecule has 7 heteroatoms. The molecule has 0 aliphatic heterocycles. The van der Waals surface area contributed by atoms with Crippen molar-refractivity contribution in [2.24, 2.45) is 0 Å². The molecule has 0 atom stereocenters. The van der Waals surface area contributed by atoms with Gasteiger partial charge in [0.2, 0.25) is 0 Å². The van der Waals surface area contributed by atoms with Crippen LogP contribution in [0.15, 0.2) is 78.0 Å². The van der Waals surface area contributed by atoms with Crippen LogP contribution >= 0.6 is 11.8 Å². The van der Waals surface area contributed by atoms with Crippen molar-refractivity contribution in [1.29, 1.82) is 0 Å². The fourth-order valence-corrected chi connectivity index (χ4v) is 5.08. The third-order valence-electron chi connectivity index (χ3n) is 5.77. The second kappa shape index (κ2) is 9.97. The number of hydrogen-bond acceptors (Lipinski definition) is 4. The molecular weight excluding hydrogens is 448 g/mol. The molecule has 0 spiro atoms. The van der Waals surface area contributed by atoms with Crippen LogP contribution < -0.4 is 0 Å². The Morgan fingerprint density at radius 3 is 2.41 bits per heavy atom. The van der Waals surface area contributed by atoms with Crippen molar-refractivity contribution >= 4 is 23.7 Å². The van der Waals surface area contributed by atoms with Gasteiger partial charge in [-0.1, -0.05) is 24.3 Å². The Labute approximate surface area is 201 Å². The first kappa shape index (κ1) is 23.3. The van der Waals surface area contributed by atoms with E-state index in [1.54, 1.807) is 24.0 Å². The number of carboxylic acid groups (broad SMARTS) is 2. The summed E-state index contributed by atoms with van der Waals surface area (Å²) in [6, 6.07) is 18.5. The summed E-state index contributed by atoms with van der Waals surface area (Å²) in [5.41, 5.74) is 6.06. The number of nitrogens with zero attached hydrogens (tertiary/aromatic N) is 2. The fourth-order valence-electron chi connectivity index (χ4n) is 3.91. The van der Waals surface area contributed by atoms with E-state index in [0.717, 1.165) is 33.7 Å². The number of aromatic nitrogens is 2. The summed E-state index contributed by atoms with van der Waals surface area (Å²) in [5, 5.41) is 23.2. The number of carboxylic acids is 2. The first-order valence-corrected chi connectivity index (χ1v) is 11.7. The van der Waals surface area contributed by atoms with Crippen molar-refractivity contribution in [1.82, 2.24) is 9.78 Å². The van der Waals surface area contributed by atoms with E-state index in [2.05, 4.69) is 37.1 Å². The van der Waals surface area contributed by atoms with Crippen LogP contribution in [0.3, 0.4) is 0 Å². The normalized spacial score (nSPS) is 10.9. The third kappa shape index (κ3) is 5.05. The molecule has 0 aliphatic carbocycles. The van der Waals surface area contributed by atoms with Gasteiger partial charge in [-0.15, -0.1) is 11.8 Å². The number of hydrogen-bond donors (Lipinski definition) is 2. The van der Waals surface area contributed by atoms with Gasteiger partial charge in [0, 0.05) is 23.0 Å². The smallest absolute Gasteiger partial charge is 0.336 e. The lowest BCUT2D eigenvalue weighted by Crippen LogP contribution is -2.08. The first-order chi connectivity index (χ1) is 16.3. The number of carbonyl (C=O) groups is 2. The molecule has 0 saturated carbocycles. The van der Waals surface area contributed by atoms with Gasteiger partial charge in [-0.05, 0) is 84.5 Å². The van der Waals surface area contributed by atoms with Crippen LogP contribution in [-0.4, -0.2) is 31.9 Å². The average Bonchev–Trinajstić information content (AvgIpc) is 3.34. The molecule has 1 heterocycles. The van der Waals surface area contributed by atoms with Crippen molar-refractivity contribution < 1.29 is 19.8 Å². The Kier molecular flexibility index (Phi) is 6.84. The molecule has 0 radical (unpaired) electrons. The van der Waals surface area contributed by atoms with E-state index in [0.29, 0.717) is 12.0 Å². The van der Waals surface area contributed by atoms with Gasteiger partial charge in [-0.2, -0.15) is 5.10 Å². The summed E-state index contributed by atoms with van der Waals surface area (Å²) in [6.07, 6.45) is 4.08. The average molecular weight is 473 g/mol. The van der Waals surface area contributed by atoms with Gasteiger partial charge in [0.25, 0.3) is 0 Å². The lowest BCUT2D eigenvalue weighted by molar-refractivity contribution is 0.0695. The number of aryl methyl sites for hydroxylation is 2. The summed E-state index contributed by atoms with van der Waals surface area (Å²) in [7, 11) is 0. The van der Waals surface area contributed by atoms with Crippen LogP contribution in [0.2, 0.25) is 0 Å². The van der Waals surface area contributed by atoms with E-state index in [1.165, 1.54) is 17.0 Å². The highest BCUT2D eigenvalue weighted by atomic mass is 32.2. The maximum absolute atomic E-state index is 11.8. The fraction of sp³-hybridized carbons (Fsp3) is 0.148. The largest absolute Gasteiger partial charge is 0.478 e. The van der Waals surface area contributed by atoms with Crippen molar-refractivity contribution in [2.75, 3.05) is 0 Å².